The van der Waals surface area contributed by atoms with Crippen molar-refractivity contribution in [3.05, 3.63) is 60.2 Å². The predicted octanol–water partition coefficient (Wildman–Crippen LogP) is 3.72. The van der Waals surface area contributed by atoms with Crippen molar-refractivity contribution in [3.8, 4) is 11.5 Å². The standard InChI is InChI=1S/C18H20O4/c1-21-17-12-6-5-10-15(17)16(18(19)20)11-7-13-22-14-8-3-2-4-9-14/h2-6,8-10,12,16H,7,11,13H2,1H3,(H,19,20). The lowest BCUT2D eigenvalue weighted by molar-refractivity contribution is -0.139. The van der Waals surface area contributed by atoms with Gasteiger partial charge in [-0.25, -0.2) is 0 Å². The molecule has 2 aromatic rings. The molecule has 0 aliphatic carbocycles. The molecule has 1 N–H and O–H groups in total. The molecule has 0 radical (unpaired) electrons. The van der Waals surface area contributed by atoms with Gasteiger partial charge < -0.3 is 14.6 Å². The summed E-state index contributed by atoms with van der Waals surface area (Å²) in [6.07, 6.45) is 1.16. The van der Waals surface area contributed by atoms with Gasteiger partial charge in [0.25, 0.3) is 0 Å². The highest BCUT2D eigenvalue weighted by atomic mass is 16.5. The molecular formula is C18H20O4. The molecule has 0 aliphatic heterocycles. The Morgan fingerprint density at radius 2 is 1.77 bits per heavy atom. The van der Waals surface area contributed by atoms with E-state index in [4.69, 9.17) is 9.47 Å². The zero-order valence-electron chi connectivity index (χ0n) is 12.6. The average molecular weight is 300 g/mol. The summed E-state index contributed by atoms with van der Waals surface area (Å²) in [5.41, 5.74) is 0.706. The Kier molecular flexibility index (Phi) is 5.83. The van der Waals surface area contributed by atoms with Gasteiger partial charge in [0.05, 0.1) is 19.6 Å². The molecule has 2 rings (SSSR count). The number of aliphatic carboxylic acids is 1. The van der Waals surface area contributed by atoms with E-state index in [0.717, 1.165) is 5.75 Å². The van der Waals surface area contributed by atoms with Crippen LogP contribution >= 0.6 is 0 Å². The van der Waals surface area contributed by atoms with Crippen LogP contribution < -0.4 is 9.47 Å². The summed E-state index contributed by atoms with van der Waals surface area (Å²) in [6.45, 7) is 0.489. The zero-order valence-corrected chi connectivity index (χ0v) is 12.6. The third-order valence-electron chi connectivity index (χ3n) is 3.46. The van der Waals surface area contributed by atoms with Gasteiger partial charge in [0.1, 0.15) is 11.5 Å². The maximum Gasteiger partial charge on any atom is 0.311 e. The van der Waals surface area contributed by atoms with E-state index in [9.17, 15) is 9.90 Å². The van der Waals surface area contributed by atoms with Crippen molar-refractivity contribution in [2.75, 3.05) is 13.7 Å². The van der Waals surface area contributed by atoms with Crippen molar-refractivity contribution in [2.24, 2.45) is 0 Å². The molecule has 1 atom stereocenters. The molecule has 0 saturated carbocycles. The summed E-state index contributed by atoms with van der Waals surface area (Å²) in [5, 5.41) is 9.47. The Morgan fingerprint density at radius 3 is 2.45 bits per heavy atom. The Balaban J connectivity index is 1.94. The van der Waals surface area contributed by atoms with Crippen molar-refractivity contribution >= 4 is 5.97 Å². The number of carboxylic acids is 1. The first-order valence-corrected chi connectivity index (χ1v) is 7.26. The van der Waals surface area contributed by atoms with Crippen LogP contribution in [0.15, 0.2) is 54.6 Å². The summed E-state index contributed by atoms with van der Waals surface area (Å²) in [6, 6.07) is 16.8. The molecule has 0 amide bonds. The van der Waals surface area contributed by atoms with E-state index in [2.05, 4.69) is 0 Å². The van der Waals surface area contributed by atoms with E-state index in [-0.39, 0.29) is 0 Å². The molecule has 2 aromatic carbocycles. The number of para-hydroxylation sites is 2. The van der Waals surface area contributed by atoms with Crippen LogP contribution in [0.5, 0.6) is 11.5 Å². The second kappa shape index (κ2) is 8.08. The SMILES string of the molecule is COc1ccccc1C(CCCOc1ccccc1)C(=O)O. The highest BCUT2D eigenvalue weighted by molar-refractivity contribution is 5.77. The molecule has 0 aromatic heterocycles. The van der Waals surface area contributed by atoms with Crippen LogP contribution in [-0.2, 0) is 4.79 Å². The van der Waals surface area contributed by atoms with Gasteiger partial charge in [-0.1, -0.05) is 36.4 Å². The number of hydrogen-bond donors (Lipinski definition) is 1. The van der Waals surface area contributed by atoms with Crippen molar-refractivity contribution in [1.82, 2.24) is 0 Å². The van der Waals surface area contributed by atoms with Crippen molar-refractivity contribution in [3.63, 3.8) is 0 Å². The van der Waals surface area contributed by atoms with E-state index in [1.54, 1.807) is 19.2 Å². The normalized spacial score (nSPS) is 11.7. The first kappa shape index (κ1) is 15.9. The molecule has 0 bridgehead atoms. The minimum atomic E-state index is -0.843. The van der Waals surface area contributed by atoms with E-state index >= 15 is 0 Å². The number of ether oxygens (including phenoxy) is 2. The fourth-order valence-electron chi connectivity index (χ4n) is 2.36. The molecule has 0 aliphatic rings. The number of carboxylic acid groups (broad SMARTS) is 1. The average Bonchev–Trinajstić information content (AvgIpc) is 2.55. The van der Waals surface area contributed by atoms with Crippen molar-refractivity contribution in [1.29, 1.82) is 0 Å². The summed E-state index contributed by atoms with van der Waals surface area (Å²) >= 11 is 0. The van der Waals surface area contributed by atoms with Crippen molar-refractivity contribution < 1.29 is 19.4 Å². The summed E-state index contributed by atoms with van der Waals surface area (Å²) in [7, 11) is 1.55. The topological polar surface area (TPSA) is 55.8 Å². The summed E-state index contributed by atoms with van der Waals surface area (Å²) in [5.74, 6) is -0.0229. The van der Waals surface area contributed by atoms with Crippen LogP contribution in [-0.4, -0.2) is 24.8 Å². The largest absolute Gasteiger partial charge is 0.496 e. The van der Waals surface area contributed by atoms with Gasteiger partial charge in [0, 0.05) is 5.56 Å². The third kappa shape index (κ3) is 4.25. The smallest absolute Gasteiger partial charge is 0.311 e. The van der Waals surface area contributed by atoms with Crippen LogP contribution in [0.1, 0.15) is 24.3 Å². The van der Waals surface area contributed by atoms with Gasteiger partial charge >= 0.3 is 5.97 Å². The van der Waals surface area contributed by atoms with Crippen LogP contribution in [0.25, 0.3) is 0 Å². The molecule has 0 heterocycles. The fraction of sp³-hybridized carbons (Fsp3) is 0.278. The minimum absolute atomic E-state index is 0.489. The predicted molar refractivity (Wildman–Crippen MR) is 84.5 cm³/mol. The van der Waals surface area contributed by atoms with E-state index in [1.165, 1.54) is 0 Å². The molecule has 4 nitrogen and oxygen atoms in total. The number of benzene rings is 2. The first-order chi connectivity index (χ1) is 10.7. The van der Waals surface area contributed by atoms with Crippen LogP contribution in [0.3, 0.4) is 0 Å². The maximum absolute atomic E-state index is 11.5. The fourth-order valence-corrected chi connectivity index (χ4v) is 2.36. The second-order valence-corrected chi connectivity index (χ2v) is 4.94. The molecule has 22 heavy (non-hydrogen) atoms. The van der Waals surface area contributed by atoms with Gasteiger partial charge in [-0.2, -0.15) is 0 Å². The van der Waals surface area contributed by atoms with Crippen molar-refractivity contribution in [2.45, 2.75) is 18.8 Å². The summed E-state index contributed by atoms with van der Waals surface area (Å²) < 4.78 is 10.9. The number of methoxy groups -OCH3 is 1. The highest BCUT2D eigenvalue weighted by Crippen LogP contribution is 2.30. The molecular weight excluding hydrogens is 280 g/mol. The lowest BCUT2D eigenvalue weighted by atomic mass is 9.93. The first-order valence-electron chi connectivity index (χ1n) is 7.26. The number of carbonyl (C=O) groups is 1. The second-order valence-electron chi connectivity index (χ2n) is 4.94. The number of hydrogen-bond acceptors (Lipinski definition) is 3. The van der Waals surface area contributed by atoms with E-state index in [0.29, 0.717) is 30.8 Å². The minimum Gasteiger partial charge on any atom is -0.496 e. The highest BCUT2D eigenvalue weighted by Gasteiger charge is 2.22. The Labute approximate surface area is 130 Å². The van der Waals surface area contributed by atoms with Crippen LogP contribution in [0, 0.1) is 0 Å². The van der Waals surface area contributed by atoms with Gasteiger partial charge in [0.15, 0.2) is 0 Å². The van der Waals surface area contributed by atoms with Gasteiger partial charge in [-0.15, -0.1) is 0 Å². The van der Waals surface area contributed by atoms with E-state index < -0.39 is 11.9 Å². The maximum atomic E-state index is 11.5. The lowest BCUT2D eigenvalue weighted by Crippen LogP contribution is -2.14. The molecule has 0 saturated heterocycles. The third-order valence-corrected chi connectivity index (χ3v) is 3.46. The molecule has 0 spiro atoms. The van der Waals surface area contributed by atoms with Crippen LogP contribution in [0.4, 0.5) is 0 Å². The number of rotatable bonds is 8. The van der Waals surface area contributed by atoms with E-state index in [1.807, 2.05) is 42.5 Å². The Morgan fingerprint density at radius 1 is 1.09 bits per heavy atom. The monoisotopic (exact) mass is 300 g/mol. The quantitative estimate of drug-likeness (QED) is 0.755. The lowest BCUT2D eigenvalue weighted by Gasteiger charge is -2.16. The van der Waals surface area contributed by atoms with Crippen LogP contribution in [0.2, 0.25) is 0 Å². The molecule has 0 fully saturated rings. The van der Waals surface area contributed by atoms with Gasteiger partial charge in [0.2, 0.25) is 0 Å². The Hall–Kier alpha value is -2.49. The van der Waals surface area contributed by atoms with Gasteiger partial charge in [-0.3, -0.25) is 4.79 Å². The van der Waals surface area contributed by atoms with Gasteiger partial charge in [-0.05, 0) is 31.0 Å². The molecule has 4 heteroatoms. The molecule has 1 unspecified atom stereocenters. The summed E-state index contributed by atoms with van der Waals surface area (Å²) in [4.78, 5) is 11.5. The Bertz CT molecular complexity index is 595. The zero-order chi connectivity index (χ0) is 15.8. The molecule has 116 valence electrons.